The van der Waals surface area contributed by atoms with Crippen LogP contribution < -0.4 is 5.32 Å². The first-order valence-electron chi connectivity index (χ1n) is 5.56. The molecule has 6 heteroatoms. The van der Waals surface area contributed by atoms with Crippen LogP contribution in [0.25, 0.3) is 0 Å². The Hall–Kier alpha value is -1.65. The molecule has 19 heavy (non-hydrogen) atoms. The predicted octanol–water partition coefficient (Wildman–Crippen LogP) is 3.02. The fraction of sp³-hybridized carbons (Fsp3) is 0.154. The Morgan fingerprint density at radius 2 is 2.16 bits per heavy atom. The monoisotopic (exact) mass is 295 g/mol. The zero-order valence-corrected chi connectivity index (χ0v) is 11.7. The fourth-order valence-corrected chi connectivity index (χ4v) is 1.77. The van der Waals surface area contributed by atoms with Crippen LogP contribution in [0.1, 0.15) is 21.5 Å². The van der Waals surface area contributed by atoms with Crippen molar-refractivity contribution in [3.05, 3.63) is 57.6 Å². The third kappa shape index (κ3) is 3.43. The van der Waals surface area contributed by atoms with Gasteiger partial charge in [0.2, 0.25) is 0 Å². The van der Waals surface area contributed by atoms with Crippen LogP contribution in [0.15, 0.2) is 30.7 Å². The molecule has 4 nitrogen and oxygen atoms in total. The lowest BCUT2D eigenvalue weighted by atomic mass is 10.1. The number of halogens is 2. The standard InChI is InChI=1S/C13H11Cl2N3O/c1-8-2-3-16-5-10(8)7-18-13(19)9-4-11(14)12(15)17-6-9/h2-6H,7H2,1H3,(H,18,19). The van der Waals surface area contributed by atoms with Crippen molar-refractivity contribution in [1.29, 1.82) is 0 Å². The second-order valence-corrected chi connectivity index (χ2v) is 4.75. The molecular weight excluding hydrogens is 285 g/mol. The summed E-state index contributed by atoms with van der Waals surface area (Å²) in [5, 5.41) is 3.22. The zero-order chi connectivity index (χ0) is 13.8. The van der Waals surface area contributed by atoms with Crippen LogP contribution in [0, 0.1) is 6.92 Å². The summed E-state index contributed by atoms with van der Waals surface area (Å²) in [6, 6.07) is 3.38. The smallest absolute Gasteiger partial charge is 0.253 e. The molecule has 2 aromatic heterocycles. The summed E-state index contributed by atoms with van der Waals surface area (Å²) in [7, 11) is 0. The van der Waals surface area contributed by atoms with Gasteiger partial charge in [0.05, 0.1) is 10.6 Å². The van der Waals surface area contributed by atoms with E-state index >= 15 is 0 Å². The minimum atomic E-state index is -0.255. The fourth-order valence-electron chi connectivity index (χ4n) is 1.50. The van der Waals surface area contributed by atoms with Gasteiger partial charge in [-0.15, -0.1) is 0 Å². The number of rotatable bonds is 3. The number of hydrogen-bond acceptors (Lipinski definition) is 3. The maximum atomic E-state index is 11.9. The molecule has 0 saturated heterocycles. The van der Waals surface area contributed by atoms with Crippen LogP contribution in [0.5, 0.6) is 0 Å². The molecule has 0 atom stereocenters. The average Bonchev–Trinajstić information content (AvgIpc) is 2.40. The summed E-state index contributed by atoms with van der Waals surface area (Å²) >= 11 is 11.5. The van der Waals surface area contributed by atoms with Gasteiger partial charge < -0.3 is 5.32 Å². The second-order valence-electron chi connectivity index (χ2n) is 3.98. The van der Waals surface area contributed by atoms with Gasteiger partial charge in [0.15, 0.2) is 0 Å². The van der Waals surface area contributed by atoms with Crippen molar-refractivity contribution in [3.63, 3.8) is 0 Å². The molecule has 2 rings (SSSR count). The van der Waals surface area contributed by atoms with E-state index in [0.29, 0.717) is 12.1 Å². The van der Waals surface area contributed by atoms with E-state index in [1.165, 1.54) is 12.3 Å². The maximum Gasteiger partial charge on any atom is 0.253 e. The van der Waals surface area contributed by atoms with Gasteiger partial charge in [-0.05, 0) is 30.2 Å². The van der Waals surface area contributed by atoms with E-state index in [1.54, 1.807) is 12.4 Å². The van der Waals surface area contributed by atoms with Crippen molar-refractivity contribution in [3.8, 4) is 0 Å². The van der Waals surface area contributed by atoms with Crippen LogP contribution in [0.3, 0.4) is 0 Å². The van der Waals surface area contributed by atoms with Crippen molar-refractivity contribution in [2.45, 2.75) is 13.5 Å². The Morgan fingerprint density at radius 3 is 2.84 bits per heavy atom. The average molecular weight is 296 g/mol. The molecule has 0 unspecified atom stereocenters. The van der Waals surface area contributed by atoms with Gasteiger partial charge >= 0.3 is 0 Å². The number of hydrogen-bond donors (Lipinski definition) is 1. The number of aromatic nitrogens is 2. The maximum absolute atomic E-state index is 11.9. The molecule has 1 N–H and O–H groups in total. The van der Waals surface area contributed by atoms with E-state index in [2.05, 4.69) is 15.3 Å². The molecule has 0 spiro atoms. The molecule has 98 valence electrons. The summed E-state index contributed by atoms with van der Waals surface area (Å²) in [5.41, 5.74) is 2.40. The third-order valence-electron chi connectivity index (χ3n) is 2.65. The highest BCUT2D eigenvalue weighted by Crippen LogP contribution is 2.19. The van der Waals surface area contributed by atoms with Crippen LogP contribution in [-0.4, -0.2) is 15.9 Å². The number of pyridine rings is 2. The topological polar surface area (TPSA) is 54.9 Å². The Balaban J connectivity index is 2.05. The summed E-state index contributed by atoms with van der Waals surface area (Å²) in [4.78, 5) is 19.8. The number of amides is 1. The van der Waals surface area contributed by atoms with Crippen molar-refractivity contribution in [2.24, 2.45) is 0 Å². The van der Waals surface area contributed by atoms with E-state index in [4.69, 9.17) is 23.2 Å². The molecule has 0 radical (unpaired) electrons. The lowest BCUT2D eigenvalue weighted by molar-refractivity contribution is 0.0950. The first-order valence-corrected chi connectivity index (χ1v) is 6.32. The van der Waals surface area contributed by atoms with Crippen molar-refractivity contribution >= 4 is 29.1 Å². The summed E-state index contributed by atoms with van der Waals surface area (Å²) in [6.07, 6.45) is 4.83. The second kappa shape index (κ2) is 5.99. The van der Waals surface area contributed by atoms with Gasteiger partial charge in [-0.25, -0.2) is 4.98 Å². The minimum absolute atomic E-state index is 0.182. The summed E-state index contributed by atoms with van der Waals surface area (Å²) in [6.45, 7) is 2.36. The largest absolute Gasteiger partial charge is 0.348 e. The highest BCUT2D eigenvalue weighted by atomic mass is 35.5. The first kappa shape index (κ1) is 13.8. The number of nitrogens with one attached hydrogen (secondary N) is 1. The van der Waals surface area contributed by atoms with Crippen molar-refractivity contribution in [2.75, 3.05) is 0 Å². The molecule has 0 saturated carbocycles. The van der Waals surface area contributed by atoms with Gasteiger partial charge in [-0.1, -0.05) is 23.2 Å². The third-order valence-corrected chi connectivity index (χ3v) is 3.33. The van der Waals surface area contributed by atoms with Crippen molar-refractivity contribution in [1.82, 2.24) is 15.3 Å². The highest BCUT2D eigenvalue weighted by Gasteiger charge is 2.09. The van der Waals surface area contributed by atoms with E-state index in [1.807, 2.05) is 13.0 Å². The van der Waals surface area contributed by atoms with Gasteiger partial charge in [-0.3, -0.25) is 9.78 Å². The molecule has 0 aromatic carbocycles. The van der Waals surface area contributed by atoms with E-state index in [-0.39, 0.29) is 16.1 Å². The Bertz CT molecular complexity index is 617. The normalized spacial score (nSPS) is 10.3. The van der Waals surface area contributed by atoms with Crippen molar-refractivity contribution < 1.29 is 4.79 Å². The SMILES string of the molecule is Cc1ccncc1CNC(=O)c1cnc(Cl)c(Cl)c1. The quantitative estimate of drug-likeness (QED) is 0.886. The molecule has 0 aliphatic heterocycles. The number of carbonyl (C=O) groups excluding carboxylic acids is 1. The minimum Gasteiger partial charge on any atom is -0.348 e. The van der Waals surface area contributed by atoms with Crippen LogP contribution in [0.2, 0.25) is 10.2 Å². The Morgan fingerprint density at radius 1 is 1.37 bits per heavy atom. The van der Waals surface area contributed by atoms with Gasteiger partial charge in [0.25, 0.3) is 5.91 Å². The Labute approximate surface area is 120 Å². The van der Waals surface area contributed by atoms with Crippen LogP contribution in [0.4, 0.5) is 0 Å². The number of nitrogens with zero attached hydrogens (tertiary/aromatic N) is 2. The molecule has 1 amide bonds. The molecule has 2 aromatic rings. The molecule has 0 aliphatic carbocycles. The van der Waals surface area contributed by atoms with Gasteiger partial charge in [0.1, 0.15) is 5.15 Å². The number of carbonyl (C=O) groups is 1. The summed E-state index contributed by atoms with van der Waals surface area (Å²) in [5.74, 6) is -0.255. The lowest BCUT2D eigenvalue weighted by Gasteiger charge is -2.07. The summed E-state index contributed by atoms with van der Waals surface area (Å²) < 4.78 is 0. The van der Waals surface area contributed by atoms with E-state index < -0.39 is 0 Å². The Kier molecular flexibility index (Phi) is 4.35. The molecule has 0 aliphatic rings. The lowest BCUT2D eigenvalue weighted by Crippen LogP contribution is -2.23. The molecule has 0 fully saturated rings. The van der Waals surface area contributed by atoms with Gasteiger partial charge in [-0.2, -0.15) is 0 Å². The first-order chi connectivity index (χ1) is 9.08. The predicted molar refractivity (Wildman–Crippen MR) is 74.4 cm³/mol. The van der Waals surface area contributed by atoms with Crippen LogP contribution in [-0.2, 0) is 6.54 Å². The van der Waals surface area contributed by atoms with Crippen LogP contribution >= 0.6 is 23.2 Å². The molecular formula is C13H11Cl2N3O. The highest BCUT2D eigenvalue weighted by molar-refractivity contribution is 6.41. The van der Waals surface area contributed by atoms with Gasteiger partial charge in [0, 0.05) is 25.1 Å². The zero-order valence-electron chi connectivity index (χ0n) is 10.2. The number of aryl methyl sites for hydroxylation is 1. The van der Waals surface area contributed by atoms with E-state index in [9.17, 15) is 4.79 Å². The molecule has 0 bridgehead atoms. The van der Waals surface area contributed by atoms with E-state index in [0.717, 1.165) is 11.1 Å². The molecule has 2 heterocycles.